The predicted octanol–water partition coefficient (Wildman–Crippen LogP) is 3.47. The lowest BCUT2D eigenvalue weighted by atomic mass is 10.00. The minimum Gasteiger partial charge on any atom is -0.312 e. The first kappa shape index (κ1) is 14.5. The highest BCUT2D eigenvalue weighted by atomic mass is 32.1. The van der Waals surface area contributed by atoms with Gasteiger partial charge in [0.1, 0.15) is 5.82 Å². The molecule has 0 spiro atoms. The normalized spacial score (nSPS) is 19.8. The van der Waals surface area contributed by atoms with E-state index in [9.17, 15) is 9.18 Å². The molecule has 0 radical (unpaired) electrons. The first-order chi connectivity index (χ1) is 10.1. The van der Waals surface area contributed by atoms with Crippen LogP contribution in [0.1, 0.15) is 24.6 Å². The maximum absolute atomic E-state index is 13.0. The monoisotopic (exact) mass is 306 g/mol. The predicted molar refractivity (Wildman–Crippen MR) is 84.0 cm³/mol. The maximum atomic E-state index is 13.0. The number of rotatable bonds is 3. The zero-order valence-corrected chi connectivity index (χ0v) is 12.9. The van der Waals surface area contributed by atoms with Crippen molar-refractivity contribution in [3.05, 3.63) is 44.6 Å². The maximum Gasteiger partial charge on any atom is 0.305 e. The van der Waals surface area contributed by atoms with E-state index in [0.717, 1.165) is 35.8 Å². The Hall–Kier alpha value is -1.46. The summed E-state index contributed by atoms with van der Waals surface area (Å²) in [6, 6.07) is 6.29. The second-order valence-electron chi connectivity index (χ2n) is 5.80. The third-order valence-electron chi connectivity index (χ3n) is 3.96. The number of piperidine rings is 1. The summed E-state index contributed by atoms with van der Waals surface area (Å²) < 4.78 is 13.0. The van der Waals surface area contributed by atoms with Crippen molar-refractivity contribution in [1.82, 2.24) is 9.88 Å². The van der Waals surface area contributed by atoms with Crippen LogP contribution in [0.15, 0.2) is 29.1 Å². The van der Waals surface area contributed by atoms with Crippen LogP contribution in [-0.2, 0) is 6.54 Å². The van der Waals surface area contributed by atoms with Crippen molar-refractivity contribution in [1.29, 1.82) is 0 Å². The van der Waals surface area contributed by atoms with Crippen LogP contribution < -0.4 is 4.87 Å². The van der Waals surface area contributed by atoms with Crippen molar-refractivity contribution in [2.24, 2.45) is 5.92 Å². The molecule has 1 atom stereocenters. The number of likely N-dealkylation sites (tertiary alicyclic amines) is 1. The van der Waals surface area contributed by atoms with Crippen molar-refractivity contribution in [2.75, 3.05) is 13.1 Å². The lowest BCUT2D eigenvalue weighted by molar-refractivity contribution is 0.178. The highest BCUT2D eigenvalue weighted by molar-refractivity contribution is 7.09. The molecule has 112 valence electrons. The van der Waals surface area contributed by atoms with Crippen molar-refractivity contribution >= 4 is 11.3 Å². The molecule has 1 aromatic carbocycles. The molecule has 1 saturated heterocycles. The highest BCUT2D eigenvalue weighted by Gasteiger charge is 2.19. The van der Waals surface area contributed by atoms with Gasteiger partial charge in [-0.15, -0.1) is 0 Å². The second kappa shape index (κ2) is 6.12. The van der Waals surface area contributed by atoms with E-state index < -0.39 is 0 Å². The van der Waals surface area contributed by atoms with Crippen LogP contribution >= 0.6 is 11.3 Å². The van der Waals surface area contributed by atoms with Gasteiger partial charge in [0.25, 0.3) is 0 Å². The van der Waals surface area contributed by atoms with E-state index in [0.29, 0.717) is 5.92 Å². The zero-order chi connectivity index (χ0) is 14.8. The third-order valence-corrected chi connectivity index (χ3v) is 4.83. The van der Waals surface area contributed by atoms with Crippen LogP contribution in [-0.4, -0.2) is 23.0 Å². The van der Waals surface area contributed by atoms with Crippen LogP contribution in [0.5, 0.6) is 0 Å². The van der Waals surface area contributed by atoms with Gasteiger partial charge in [-0.1, -0.05) is 18.3 Å². The van der Waals surface area contributed by atoms with Gasteiger partial charge in [0, 0.05) is 18.0 Å². The van der Waals surface area contributed by atoms with Gasteiger partial charge in [0.15, 0.2) is 0 Å². The van der Waals surface area contributed by atoms with E-state index in [1.807, 2.05) is 0 Å². The van der Waals surface area contributed by atoms with E-state index in [1.165, 1.54) is 36.3 Å². The SMILES string of the molecule is CC1CCCN(Cc2sc(=O)[nH]c2-c2ccc(F)cc2)C1. The summed E-state index contributed by atoms with van der Waals surface area (Å²) in [5, 5.41) is 0. The fourth-order valence-corrected chi connectivity index (χ4v) is 3.85. The number of benzene rings is 1. The number of halogens is 1. The molecule has 1 aromatic heterocycles. The Balaban J connectivity index is 1.85. The van der Waals surface area contributed by atoms with E-state index in [4.69, 9.17) is 0 Å². The number of hydrogen-bond donors (Lipinski definition) is 1. The highest BCUT2D eigenvalue weighted by Crippen LogP contribution is 2.26. The molecule has 0 saturated carbocycles. The quantitative estimate of drug-likeness (QED) is 0.942. The summed E-state index contributed by atoms with van der Waals surface area (Å²) in [5.74, 6) is 0.450. The molecular weight excluding hydrogens is 287 g/mol. The number of thiazole rings is 1. The largest absolute Gasteiger partial charge is 0.312 e. The number of nitrogens with one attached hydrogen (secondary N) is 1. The fourth-order valence-electron chi connectivity index (χ4n) is 2.95. The molecule has 1 aliphatic rings. The van der Waals surface area contributed by atoms with Gasteiger partial charge < -0.3 is 4.98 Å². The van der Waals surface area contributed by atoms with Crippen LogP contribution in [0.4, 0.5) is 4.39 Å². The van der Waals surface area contributed by atoms with Crippen molar-refractivity contribution in [3.8, 4) is 11.3 Å². The molecule has 1 fully saturated rings. The molecule has 3 nitrogen and oxygen atoms in total. The number of aromatic nitrogens is 1. The Morgan fingerprint density at radius 3 is 2.86 bits per heavy atom. The minimum absolute atomic E-state index is 0.0469. The molecule has 21 heavy (non-hydrogen) atoms. The average Bonchev–Trinajstić information content (AvgIpc) is 2.80. The zero-order valence-electron chi connectivity index (χ0n) is 12.1. The van der Waals surface area contributed by atoms with Gasteiger partial charge in [-0.2, -0.15) is 0 Å². The standard InChI is InChI=1S/C16H19FN2OS/c1-11-3-2-8-19(9-11)10-14-15(18-16(20)21-14)12-4-6-13(17)7-5-12/h4-7,11H,2-3,8-10H2,1H3,(H,18,20). The smallest absolute Gasteiger partial charge is 0.305 e. The summed E-state index contributed by atoms with van der Waals surface area (Å²) in [5.41, 5.74) is 1.71. The number of aromatic amines is 1. The Morgan fingerprint density at radius 2 is 2.14 bits per heavy atom. The van der Waals surface area contributed by atoms with Gasteiger partial charge in [-0.3, -0.25) is 9.69 Å². The summed E-state index contributed by atoms with van der Waals surface area (Å²) >= 11 is 1.26. The van der Waals surface area contributed by atoms with Gasteiger partial charge in [-0.05, 0) is 55.1 Å². The number of nitrogens with zero attached hydrogens (tertiary/aromatic N) is 1. The van der Waals surface area contributed by atoms with E-state index in [1.54, 1.807) is 12.1 Å². The Kier molecular flexibility index (Phi) is 4.22. The summed E-state index contributed by atoms with van der Waals surface area (Å²) in [7, 11) is 0. The summed E-state index contributed by atoms with van der Waals surface area (Å²) in [4.78, 5) is 18.0. The van der Waals surface area contributed by atoms with Gasteiger partial charge in [-0.25, -0.2) is 4.39 Å². The first-order valence-corrected chi connectivity index (χ1v) is 8.14. The third kappa shape index (κ3) is 3.41. The van der Waals surface area contributed by atoms with Crippen LogP contribution in [0, 0.1) is 11.7 Å². The molecular formula is C16H19FN2OS. The van der Waals surface area contributed by atoms with Gasteiger partial charge in [0.05, 0.1) is 5.69 Å². The van der Waals surface area contributed by atoms with Crippen molar-refractivity contribution < 1.29 is 4.39 Å². The topological polar surface area (TPSA) is 36.1 Å². The van der Waals surface area contributed by atoms with Gasteiger partial charge in [0.2, 0.25) is 0 Å². The van der Waals surface area contributed by atoms with Crippen LogP contribution in [0.25, 0.3) is 11.3 Å². The van der Waals surface area contributed by atoms with Gasteiger partial charge >= 0.3 is 4.87 Å². The number of H-pyrrole nitrogens is 1. The first-order valence-electron chi connectivity index (χ1n) is 7.32. The molecule has 5 heteroatoms. The number of hydrogen-bond acceptors (Lipinski definition) is 3. The van der Waals surface area contributed by atoms with E-state index in [2.05, 4.69) is 16.8 Å². The average molecular weight is 306 g/mol. The molecule has 2 heterocycles. The van der Waals surface area contributed by atoms with Crippen LogP contribution in [0.3, 0.4) is 0 Å². The lowest BCUT2D eigenvalue weighted by Gasteiger charge is -2.30. The summed E-state index contributed by atoms with van der Waals surface area (Å²) in [6.45, 7) is 5.22. The molecule has 2 aromatic rings. The Morgan fingerprint density at radius 1 is 1.38 bits per heavy atom. The molecule has 0 bridgehead atoms. The molecule has 0 amide bonds. The van der Waals surface area contributed by atoms with Crippen LogP contribution in [0.2, 0.25) is 0 Å². The fraction of sp³-hybridized carbons (Fsp3) is 0.438. The molecule has 0 aliphatic carbocycles. The molecule has 1 N–H and O–H groups in total. The summed E-state index contributed by atoms with van der Waals surface area (Å²) in [6.07, 6.45) is 2.50. The van der Waals surface area contributed by atoms with Crippen molar-refractivity contribution in [3.63, 3.8) is 0 Å². The van der Waals surface area contributed by atoms with E-state index in [-0.39, 0.29) is 10.7 Å². The molecule has 1 unspecified atom stereocenters. The van der Waals surface area contributed by atoms with E-state index >= 15 is 0 Å². The lowest BCUT2D eigenvalue weighted by Crippen LogP contribution is -2.33. The second-order valence-corrected chi connectivity index (χ2v) is 6.87. The Bertz CT molecular complexity index is 662. The minimum atomic E-state index is -0.261. The molecule has 3 rings (SSSR count). The Labute approximate surface area is 127 Å². The van der Waals surface area contributed by atoms with Crippen molar-refractivity contribution in [2.45, 2.75) is 26.3 Å². The molecule has 1 aliphatic heterocycles.